The van der Waals surface area contributed by atoms with E-state index in [1.807, 2.05) is 7.11 Å². The zero-order valence-electron chi connectivity index (χ0n) is 19.8. The summed E-state index contributed by atoms with van der Waals surface area (Å²) in [5, 5.41) is 0. The van der Waals surface area contributed by atoms with Gasteiger partial charge in [-0.05, 0) is 50.3 Å². The Morgan fingerprint density at radius 2 is 1.97 bits per heavy atom. The molecule has 0 aromatic heterocycles. The van der Waals surface area contributed by atoms with E-state index in [1.165, 1.54) is 6.42 Å². The van der Waals surface area contributed by atoms with Crippen molar-refractivity contribution in [2.75, 3.05) is 31.7 Å². The summed E-state index contributed by atoms with van der Waals surface area (Å²) in [6, 6.07) is 7.35. The number of benzene rings is 1. The molecule has 7 nitrogen and oxygen atoms in total. The van der Waals surface area contributed by atoms with Gasteiger partial charge >= 0.3 is 5.97 Å². The summed E-state index contributed by atoms with van der Waals surface area (Å²) in [6.45, 7) is 6.24. The summed E-state index contributed by atoms with van der Waals surface area (Å²) >= 11 is 0. The van der Waals surface area contributed by atoms with Crippen LogP contribution in [0.3, 0.4) is 0 Å². The molecule has 4 aliphatic rings. The minimum absolute atomic E-state index is 0.0683. The minimum Gasteiger partial charge on any atom is -0.461 e. The summed E-state index contributed by atoms with van der Waals surface area (Å²) in [5.41, 5.74) is 0.542. The summed E-state index contributed by atoms with van der Waals surface area (Å²) in [6.07, 6.45) is 4.74. The highest BCUT2D eigenvalue weighted by Crippen LogP contribution is 2.58. The van der Waals surface area contributed by atoms with Crippen molar-refractivity contribution in [2.45, 2.75) is 58.1 Å². The highest BCUT2D eigenvalue weighted by Gasteiger charge is 2.60. The van der Waals surface area contributed by atoms with Crippen molar-refractivity contribution in [1.82, 2.24) is 4.90 Å². The van der Waals surface area contributed by atoms with Crippen molar-refractivity contribution in [3.8, 4) is 0 Å². The third-order valence-electron chi connectivity index (χ3n) is 8.75. The Bertz CT molecular complexity index is 964. The molecule has 1 aromatic carbocycles. The Kier molecular flexibility index (Phi) is 5.81. The first kappa shape index (κ1) is 22.5. The molecule has 2 saturated heterocycles. The van der Waals surface area contributed by atoms with Gasteiger partial charge in [0.05, 0.1) is 24.0 Å². The molecule has 7 heteroatoms. The van der Waals surface area contributed by atoms with Crippen LogP contribution in [0.5, 0.6) is 0 Å². The van der Waals surface area contributed by atoms with Crippen LogP contribution in [0.25, 0.3) is 0 Å². The lowest BCUT2D eigenvalue weighted by atomic mass is 9.59. The first-order valence-corrected chi connectivity index (χ1v) is 12.3. The largest absolute Gasteiger partial charge is 0.461 e. The molecule has 0 radical (unpaired) electrons. The smallest absolute Gasteiger partial charge is 0.340 e. The zero-order chi connectivity index (χ0) is 23.3. The van der Waals surface area contributed by atoms with Gasteiger partial charge in [0.1, 0.15) is 0 Å². The highest BCUT2D eigenvalue weighted by atomic mass is 16.5. The van der Waals surface area contributed by atoms with Crippen molar-refractivity contribution in [2.24, 2.45) is 23.2 Å². The van der Waals surface area contributed by atoms with Crippen molar-refractivity contribution < 1.29 is 23.9 Å². The topological polar surface area (TPSA) is 76.2 Å². The molecule has 2 saturated carbocycles. The molecule has 0 unspecified atom stereocenters. The Morgan fingerprint density at radius 3 is 2.67 bits per heavy atom. The molecule has 0 spiro atoms. The van der Waals surface area contributed by atoms with Crippen LogP contribution in [-0.2, 0) is 19.1 Å². The number of methoxy groups -OCH3 is 1. The minimum atomic E-state index is -0.464. The van der Waals surface area contributed by atoms with Crippen LogP contribution in [0.1, 0.15) is 56.3 Å². The van der Waals surface area contributed by atoms with Crippen molar-refractivity contribution in [3.63, 3.8) is 0 Å². The normalized spacial score (nSPS) is 35.8. The van der Waals surface area contributed by atoms with Gasteiger partial charge in [-0.15, -0.1) is 0 Å². The van der Waals surface area contributed by atoms with E-state index >= 15 is 0 Å². The van der Waals surface area contributed by atoms with Gasteiger partial charge in [0, 0.05) is 43.4 Å². The molecule has 4 bridgehead atoms. The fraction of sp³-hybridized carbons (Fsp3) is 0.654. The van der Waals surface area contributed by atoms with E-state index < -0.39 is 5.97 Å². The number of esters is 1. The number of carbonyl (C=O) groups is 3. The van der Waals surface area contributed by atoms with Crippen LogP contribution in [0.15, 0.2) is 24.3 Å². The van der Waals surface area contributed by atoms with Crippen LogP contribution in [-0.4, -0.2) is 61.6 Å². The molecule has 2 heterocycles. The molecular weight excluding hydrogens is 420 g/mol. The average Bonchev–Trinajstić information content (AvgIpc) is 3.31. The summed E-state index contributed by atoms with van der Waals surface area (Å²) in [4.78, 5) is 42.1. The summed E-state index contributed by atoms with van der Waals surface area (Å²) in [5.74, 6) is -0.378. The van der Waals surface area contributed by atoms with E-state index in [4.69, 9.17) is 9.47 Å². The SMILES string of the molecule is CCN1C[C@@]2(COC(=O)c3ccccc3N3C(=O)C[C@H](C)C3=O)CC[C@@H](OC)[C@@H]3[C@H]2CC[C@@H]31. The van der Waals surface area contributed by atoms with E-state index in [0.717, 1.165) is 37.3 Å². The number of carbonyl (C=O) groups excluding carboxylic acids is 3. The predicted octanol–water partition coefficient (Wildman–Crippen LogP) is 3.27. The van der Waals surface area contributed by atoms with Gasteiger partial charge < -0.3 is 9.47 Å². The molecule has 33 heavy (non-hydrogen) atoms. The zero-order valence-corrected chi connectivity index (χ0v) is 19.8. The van der Waals surface area contributed by atoms with E-state index in [2.05, 4.69) is 11.8 Å². The number of amides is 2. The van der Waals surface area contributed by atoms with E-state index in [9.17, 15) is 14.4 Å². The van der Waals surface area contributed by atoms with Gasteiger partial charge in [-0.2, -0.15) is 0 Å². The summed E-state index contributed by atoms with van der Waals surface area (Å²) in [7, 11) is 1.82. The highest BCUT2D eigenvalue weighted by molar-refractivity contribution is 6.22. The quantitative estimate of drug-likeness (QED) is 0.485. The fourth-order valence-electron chi connectivity index (χ4n) is 7.19. The summed E-state index contributed by atoms with van der Waals surface area (Å²) < 4.78 is 11.9. The first-order chi connectivity index (χ1) is 15.9. The molecule has 2 amide bonds. The van der Waals surface area contributed by atoms with Crippen LogP contribution < -0.4 is 4.90 Å². The number of hydrogen-bond donors (Lipinski definition) is 0. The van der Waals surface area contributed by atoms with Crippen LogP contribution in [0.4, 0.5) is 5.69 Å². The van der Waals surface area contributed by atoms with E-state index in [-0.39, 0.29) is 41.2 Å². The Morgan fingerprint density at radius 1 is 1.18 bits per heavy atom. The van der Waals surface area contributed by atoms with Gasteiger partial charge in [0.2, 0.25) is 11.8 Å². The molecule has 2 aliphatic carbocycles. The van der Waals surface area contributed by atoms with Crippen LogP contribution >= 0.6 is 0 Å². The molecule has 5 rings (SSSR count). The molecule has 6 atom stereocenters. The molecule has 2 aliphatic heterocycles. The fourth-order valence-corrected chi connectivity index (χ4v) is 7.19. The number of nitrogens with zero attached hydrogens (tertiary/aromatic N) is 2. The van der Waals surface area contributed by atoms with Crippen molar-refractivity contribution in [3.05, 3.63) is 29.8 Å². The van der Waals surface area contributed by atoms with E-state index in [0.29, 0.717) is 30.2 Å². The number of piperidine rings is 1. The second-order valence-corrected chi connectivity index (χ2v) is 10.3. The van der Waals surface area contributed by atoms with Crippen LogP contribution in [0, 0.1) is 23.2 Å². The molecule has 178 valence electrons. The second kappa shape index (κ2) is 8.51. The average molecular weight is 455 g/mol. The maximum atomic E-state index is 13.3. The van der Waals surface area contributed by atoms with Crippen molar-refractivity contribution in [1.29, 1.82) is 0 Å². The maximum absolute atomic E-state index is 13.3. The first-order valence-electron chi connectivity index (χ1n) is 12.3. The van der Waals surface area contributed by atoms with Crippen LogP contribution in [0.2, 0.25) is 0 Å². The van der Waals surface area contributed by atoms with Gasteiger partial charge in [-0.1, -0.05) is 26.0 Å². The van der Waals surface area contributed by atoms with E-state index in [1.54, 1.807) is 31.2 Å². The number of hydrogen-bond acceptors (Lipinski definition) is 6. The number of para-hydroxylation sites is 1. The number of anilines is 1. The molecule has 0 N–H and O–H groups in total. The number of ether oxygens (including phenoxy) is 2. The standard InChI is InChI=1S/C26H34N2O5/c1-4-27-14-26(12-11-21(32-3)23-18(26)9-10-20(23)27)15-33-25(31)17-7-5-6-8-19(17)28-22(29)13-16(2)24(28)30/h5-8,16,18,20-21,23H,4,9-15H2,1-3H3/t16-,18+,20-,21+,23+,26+/m0/s1. The third-order valence-corrected chi connectivity index (χ3v) is 8.75. The Hall–Kier alpha value is -2.25. The van der Waals surface area contributed by atoms with Gasteiger partial charge in [0.15, 0.2) is 0 Å². The van der Waals surface area contributed by atoms with Gasteiger partial charge in [0.25, 0.3) is 0 Å². The molecular formula is C26H34N2O5. The van der Waals surface area contributed by atoms with Gasteiger partial charge in [-0.25, -0.2) is 9.69 Å². The lowest BCUT2D eigenvalue weighted by Crippen LogP contribution is -2.62. The molecule has 1 aromatic rings. The van der Waals surface area contributed by atoms with Gasteiger partial charge in [-0.3, -0.25) is 14.5 Å². The molecule has 4 fully saturated rings. The maximum Gasteiger partial charge on any atom is 0.340 e. The number of rotatable bonds is 6. The number of likely N-dealkylation sites (tertiary alicyclic amines) is 1. The number of imide groups is 1. The predicted molar refractivity (Wildman–Crippen MR) is 123 cm³/mol. The Balaban J connectivity index is 1.38. The lowest BCUT2D eigenvalue weighted by molar-refractivity contribution is -0.140. The Labute approximate surface area is 195 Å². The third kappa shape index (κ3) is 3.51. The lowest BCUT2D eigenvalue weighted by Gasteiger charge is -2.56. The monoisotopic (exact) mass is 454 g/mol. The second-order valence-electron chi connectivity index (χ2n) is 10.3. The van der Waals surface area contributed by atoms with Crippen molar-refractivity contribution >= 4 is 23.5 Å².